The second kappa shape index (κ2) is 45.6. The molecule has 0 saturated heterocycles. The third-order valence-electron chi connectivity index (χ3n) is 7.71. The third-order valence-corrected chi connectivity index (χ3v) is 7.71. The van der Waals surface area contributed by atoms with Gasteiger partial charge in [-0.3, -0.25) is 0 Å². The van der Waals surface area contributed by atoms with Crippen LogP contribution in [0.1, 0.15) is 97.8 Å². The first-order valence-electron chi connectivity index (χ1n) is 19.7. The first kappa shape index (κ1) is 48.6. The minimum absolute atomic E-state index is 0.527. The molecule has 1 unspecified atom stereocenters. The summed E-state index contributed by atoms with van der Waals surface area (Å²) in [4.78, 5) is 0. The Hall–Kier alpha value is -0.440. The highest BCUT2D eigenvalue weighted by Crippen LogP contribution is 2.11. The molecule has 49 heavy (non-hydrogen) atoms. The highest BCUT2D eigenvalue weighted by Gasteiger charge is 1.99. The molecule has 11 heteroatoms. The molecule has 0 saturated carbocycles. The van der Waals surface area contributed by atoms with Crippen LogP contribution in [0.25, 0.3) is 0 Å². The first-order chi connectivity index (χ1) is 24.3. The Labute approximate surface area is 300 Å². The van der Waals surface area contributed by atoms with Gasteiger partial charge in [-0.1, -0.05) is 91.4 Å². The van der Waals surface area contributed by atoms with E-state index in [2.05, 4.69) is 20.8 Å². The van der Waals surface area contributed by atoms with E-state index in [4.69, 9.17) is 52.1 Å². The van der Waals surface area contributed by atoms with Crippen molar-refractivity contribution in [2.45, 2.75) is 97.8 Å². The Bertz CT molecular complexity index is 574. The maximum Gasteiger partial charge on any atom is 0.0701 e. The number of rotatable bonds is 45. The van der Waals surface area contributed by atoms with Crippen molar-refractivity contribution in [1.29, 1.82) is 0 Å². The highest BCUT2D eigenvalue weighted by atomic mass is 16.6. The Kier molecular flexibility index (Phi) is 45.2. The van der Waals surface area contributed by atoms with Gasteiger partial charge in [-0.05, 0) is 12.3 Å². The van der Waals surface area contributed by atoms with Gasteiger partial charge in [0.2, 0.25) is 0 Å². The van der Waals surface area contributed by atoms with Crippen molar-refractivity contribution in [1.82, 2.24) is 0 Å². The fraction of sp³-hybridized carbons (Fsp3) is 1.00. The summed E-state index contributed by atoms with van der Waals surface area (Å²) in [5.41, 5.74) is 0. The fourth-order valence-corrected chi connectivity index (χ4v) is 4.47. The van der Waals surface area contributed by atoms with Gasteiger partial charge in [0, 0.05) is 13.2 Å². The SMILES string of the molecule is CCCCCCCCCCCCCOCCOCCOCCOCCOCCOCCOCCOCCOCCOCCOCC(C)CC. The number of unbranched alkanes of at least 4 members (excludes halogenated alkanes) is 10. The van der Waals surface area contributed by atoms with Crippen LogP contribution in [0.5, 0.6) is 0 Å². The Morgan fingerprint density at radius 3 is 0.755 bits per heavy atom. The summed E-state index contributed by atoms with van der Waals surface area (Å²) in [6.45, 7) is 19.4. The van der Waals surface area contributed by atoms with E-state index in [1.165, 1.54) is 64.2 Å². The normalized spacial score (nSPS) is 12.3. The predicted octanol–water partition coefficient (Wildman–Crippen LogP) is 6.53. The average molecular weight is 711 g/mol. The van der Waals surface area contributed by atoms with Gasteiger partial charge in [0.25, 0.3) is 0 Å². The summed E-state index contributed by atoms with van der Waals surface area (Å²) in [6, 6.07) is 0. The molecular weight excluding hydrogens is 632 g/mol. The average Bonchev–Trinajstić information content (AvgIpc) is 3.11. The Morgan fingerprint density at radius 1 is 0.265 bits per heavy atom. The zero-order valence-electron chi connectivity index (χ0n) is 32.1. The lowest BCUT2D eigenvalue weighted by atomic mass is 10.1. The summed E-state index contributed by atoms with van der Waals surface area (Å²) < 4.78 is 60.8. The van der Waals surface area contributed by atoms with Gasteiger partial charge in [0.1, 0.15) is 0 Å². The van der Waals surface area contributed by atoms with Crippen LogP contribution in [0.4, 0.5) is 0 Å². The molecule has 0 aromatic rings. The molecule has 0 N–H and O–H groups in total. The Balaban J connectivity index is 3.05. The standard InChI is InChI=1S/C38H78O11/c1-4-6-7-8-9-10-11-12-13-14-15-16-39-17-18-40-19-20-41-21-22-42-23-24-43-25-26-44-27-28-45-29-30-46-31-32-47-33-34-48-35-36-49-37-38(3)5-2/h38H,4-37H2,1-3H3. The van der Waals surface area contributed by atoms with Crippen LogP contribution in [0.2, 0.25) is 0 Å². The maximum absolute atomic E-state index is 5.66. The Morgan fingerprint density at radius 2 is 0.490 bits per heavy atom. The summed E-state index contributed by atoms with van der Waals surface area (Å²) in [6.07, 6.45) is 16.0. The van der Waals surface area contributed by atoms with Gasteiger partial charge in [-0.25, -0.2) is 0 Å². The van der Waals surface area contributed by atoms with Crippen LogP contribution in [0, 0.1) is 5.92 Å². The monoisotopic (exact) mass is 711 g/mol. The molecular formula is C38H78O11. The fourth-order valence-electron chi connectivity index (χ4n) is 4.47. The van der Waals surface area contributed by atoms with Crippen LogP contribution in [-0.4, -0.2) is 145 Å². The quantitative estimate of drug-likeness (QED) is 0.0646. The van der Waals surface area contributed by atoms with Gasteiger partial charge < -0.3 is 52.1 Å². The highest BCUT2D eigenvalue weighted by molar-refractivity contribution is 4.48. The lowest BCUT2D eigenvalue weighted by molar-refractivity contribution is -0.0278. The van der Waals surface area contributed by atoms with Gasteiger partial charge in [0.05, 0.1) is 132 Å². The zero-order valence-corrected chi connectivity index (χ0v) is 32.1. The second-order valence-corrected chi connectivity index (χ2v) is 12.2. The van der Waals surface area contributed by atoms with E-state index in [1.54, 1.807) is 0 Å². The number of hydrogen-bond acceptors (Lipinski definition) is 11. The van der Waals surface area contributed by atoms with E-state index in [0.717, 1.165) is 26.1 Å². The van der Waals surface area contributed by atoms with Gasteiger partial charge in [0.15, 0.2) is 0 Å². The number of hydrogen-bond donors (Lipinski definition) is 0. The van der Waals surface area contributed by atoms with Crippen LogP contribution in [0.3, 0.4) is 0 Å². The topological polar surface area (TPSA) is 102 Å². The van der Waals surface area contributed by atoms with Crippen molar-refractivity contribution in [3.63, 3.8) is 0 Å². The van der Waals surface area contributed by atoms with E-state index >= 15 is 0 Å². The van der Waals surface area contributed by atoms with E-state index in [1.807, 2.05) is 0 Å². The molecule has 0 aromatic heterocycles. The molecule has 0 aliphatic carbocycles. The van der Waals surface area contributed by atoms with Gasteiger partial charge >= 0.3 is 0 Å². The summed E-state index contributed by atoms with van der Waals surface area (Å²) in [5, 5.41) is 0. The van der Waals surface area contributed by atoms with E-state index in [0.29, 0.717) is 138 Å². The summed E-state index contributed by atoms with van der Waals surface area (Å²) in [5.74, 6) is 0.601. The first-order valence-corrected chi connectivity index (χ1v) is 19.7. The largest absolute Gasteiger partial charge is 0.379 e. The maximum atomic E-state index is 5.66. The van der Waals surface area contributed by atoms with Crippen molar-refractivity contribution in [3.05, 3.63) is 0 Å². The van der Waals surface area contributed by atoms with Crippen molar-refractivity contribution in [2.75, 3.05) is 145 Å². The van der Waals surface area contributed by atoms with Crippen molar-refractivity contribution in [3.8, 4) is 0 Å². The van der Waals surface area contributed by atoms with Crippen LogP contribution in [-0.2, 0) is 52.1 Å². The van der Waals surface area contributed by atoms with Crippen LogP contribution >= 0.6 is 0 Å². The lowest BCUT2D eigenvalue weighted by Gasteiger charge is -2.10. The molecule has 1 atom stereocenters. The van der Waals surface area contributed by atoms with Gasteiger partial charge in [-0.15, -0.1) is 0 Å². The van der Waals surface area contributed by atoms with Crippen molar-refractivity contribution in [2.24, 2.45) is 5.92 Å². The minimum Gasteiger partial charge on any atom is -0.379 e. The molecule has 0 radical (unpaired) electrons. The van der Waals surface area contributed by atoms with Crippen LogP contribution in [0.15, 0.2) is 0 Å². The van der Waals surface area contributed by atoms with Crippen LogP contribution < -0.4 is 0 Å². The van der Waals surface area contributed by atoms with E-state index in [-0.39, 0.29) is 0 Å². The molecule has 0 fully saturated rings. The second-order valence-electron chi connectivity index (χ2n) is 12.2. The number of ether oxygens (including phenoxy) is 11. The van der Waals surface area contributed by atoms with Crippen molar-refractivity contribution < 1.29 is 52.1 Å². The van der Waals surface area contributed by atoms with E-state index < -0.39 is 0 Å². The van der Waals surface area contributed by atoms with Crippen molar-refractivity contribution >= 4 is 0 Å². The molecule has 11 nitrogen and oxygen atoms in total. The summed E-state index contributed by atoms with van der Waals surface area (Å²) >= 11 is 0. The molecule has 0 rings (SSSR count). The molecule has 0 aliphatic heterocycles. The molecule has 296 valence electrons. The zero-order chi connectivity index (χ0) is 35.4. The molecule has 0 spiro atoms. The molecule has 0 heterocycles. The minimum atomic E-state index is 0.527. The van der Waals surface area contributed by atoms with E-state index in [9.17, 15) is 0 Å². The molecule has 0 aromatic carbocycles. The smallest absolute Gasteiger partial charge is 0.0701 e. The molecule has 0 bridgehead atoms. The molecule has 0 aliphatic rings. The third kappa shape index (κ3) is 45.5. The summed E-state index contributed by atoms with van der Waals surface area (Å²) in [7, 11) is 0. The lowest BCUT2D eigenvalue weighted by Crippen LogP contribution is -2.15. The van der Waals surface area contributed by atoms with Gasteiger partial charge in [-0.2, -0.15) is 0 Å². The predicted molar refractivity (Wildman–Crippen MR) is 195 cm³/mol. The molecule has 0 amide bonds.